The molecule has 0 aliphatic carbocycles. The SMILES string of the molecule is CCOc1cc(N)cc(N2c3ccccc3CCC2C)c1. The first-order chi connectivity index (χ1) is 10.2. The number of nitrogen functional groups attached to an aromatic ring is 1. The first-order valence-corrected chi connectivity index (χ1v) is 7.59. The first-order valence-electron chi connectivity index (χ1n) is 7.59. The lowest BCUT2D eigenvalue weighted by Gasteiger charge is -2.37. The highest BCUT2D eigenvalue weighted by Crippen LogP contribution is 2.38. The third-order valence-electron chi connectivity index (χ3n) is 4.03. The number of para-hydroxylation sites is 1. The molecule has 1 unspecified atom stereocenters. The largest absolute Gasteiger partial charge is 0.494 e. The van der Waals surface area contributed by atoms with Crippen molar-refractivity contribution in [3.63, 3.8) is 0 Å². The summed E-state index contributed by atoms with van der Waals surface area (Å²) in [6.07, 6.45) is 2.28. The molecule has 21 heavy (non-hydrogen) atoms. The van der Waals surface area contributed by atoms with Gasteiger partial charge in [-0.1, -0.05) is 18.2 Å². The minimum atomic E-state index is 0.455. The molecule has 1 aliphatic heterocycles. The van der Waals surface area contributed by atoms with Crippen LogP contribution in [0.4, 0.5) is 17.1 Å². The number of ether oxygens (including phenoxy) is 1. The quantitative estimate of drug-likeness (QED) is 0.860. The van der Waals surface area contributed by atoms with Gasteiger partial charge >= 0.3 is 0 Å². The van der Waals surface area contributed by atoms with Crippen LogP contribution in [0.3, 0.4) is 0 Å². The number of fused-ring (bicyclic) bond motifs is 1. The van der Waals surface area contributed by atoms with Crippen LogP contribution in [0.25, 0.3) is 0 Å². The second-order valence-corrected chi connectivity index (χ2v) is 5.58. The van der Waals surface area contributed by atoms with E-state index >= 15 is 0 Å². The van der Waals surface area contributed by atoms with Crippen molar-refractivity contribution in [2.75, 3.05) is 17.2 Å². The van der Waals surface area contributed by atoms with Crippen LogP contribution in [0.5, 0.6) is 5.75 Å². The van der Waals surface area contributed by atoms with E-state index in [0.29, 0.717) is 12.6 Å². The molecule has 1 aliphatic rings. The molecule has 0 bridgehead atoms. The predicted molar refractivity (Wildman–Crippen MR) is 88.4 cm³/mol. The molecule has 0 amide bonds. The van der Waals surface area contributed by atoms with Crippen LogP contribution in [-0.4, -0.2) is 12.6 Å². The van der Waals surface area contributed by atoms with E-state index in [4.69, 9.17) is 10.5 Å². The van der Waals surface area contributed by atoms with Gasteiger partial charge in [-0.2, -0.15) is 0 Å². The van der Waals surface area contributed by atoms with E-state index in [9.17, 15) is 0 Å². The number of hydrogen-bond donors (Lipinski definition) is 1. The Morgan fingerprint density at radius 2 is 2.05 bits per heavy atom. The Balaban J connectivity index is 2.07. The number of aryl methyl sites for hydroxylation is 1. The Bertz CT molecular complexity index is 639. The summed E-state index contributed by atoms with van der Waals surface area (Å²) in [7, 11) is 0. The van der Waals surface area contributed by atoms with E-state index in [-0.39, 0.29) is 0 Å². The normalized spacial score (nSPS) is 17.4. The van der Waals surface area contributed by atoms with Gasteiger partial charge in [-0.25, -0.2) is 0 Å². The molecular weight excluding hydrogens is 260 g/mol. The number of hydrogen-bond acceptors (Lipinski definition) is 3. The van der Waals surface area contributed by atoms with E-state index < -0.39 is 0 Å². The van der Waals surface area contributed by atoms with Gasteiger partial charge < -0.3 is 15.4 Å². The zero-order valence-corrected chi connectivity index (χ0v) is 12.7. The molecule has 3 heteroatoms. The average Bonchev–Trinajstić information content (AvgIpc) is 2.47. The van der Waals surface area contributed by atoms with Crippen molar-refractivity contribution < 1.29 is 4.74 Å². The lowest BCUT2D eigenvalue weighted by molar-refractivity contribution is 0.340. The molecule has 0 radical (unpaired) electrons. The standard InChI is InChI=1S/C18H22N2O/c1-3-21-17-11-15(19)10-16(12-17)20-13(2)8-9-14-6-4-5-7-18(14)20/h4-7,10-13H,3,8-9,19H2,1-2H3. The van der Waals surface area contributed by atoms with Crippen molar-refractivity contribution in [2.45, 2.75) is 32.7 Å². The number of nitrogens with two attached hydrogens (primary N) is 1. The summed E-state index contributed by atoms with van der Waals surface area (Å²) in [6.45, 7) is 4.90. The fraction of sp³-hybridized carbons (Fsp3) is 0.333. The molecule has 0 fully saturated rings. The molecule has 1 atom stereocenters. The van der Waals surface area contributed by atoms with Crippen LogP contribution >= 0.6 is 0 Å². The van der Waals surface area contributed by atoms with Gasteiger partial charge in [0.15, 0.2) is 0 Å². The van der Waals surface area contributed by atoms with E-state index in [1.54, 1.807) is 0 Å². The fourth-order valence-corrected chi connectivity index (χ4v) is 3.08. The fourth-order valence-electron chi connectivity index (χ4n) is 3.08. The lowest BCUT2D eigenvalue weighted by atomic mass is 9.96. The van der Waals surface area contributed by atoms with Crippen molar-refractivity contribution in [1.82, 2.24) is 0 Å². The third-order valence-corrected chi connectivity index (χ3v) is 4.03. The average molecular weight is 282 g/mol. The molecule has 0 aromatic heterocycles. The summed E-state index contributed by atoms with van der Waals surface area (Å²) in [6, 6.07) is 15.1. The molecule has 0 saturated carbocycles. The summed E-state index contributed by atoms with van der Waals surface area (Å²) in [5.41, 5.74) is 10.6. The minimum absolute atomic E-state index is 0.455. The molecule has 2 aromatic rings. The topological polar surface area (TPSA) is 38.5 Å². The molecule has 2 aromatic carbocycles. The van der Waals surface area contributed by atoms with Crippen LogP contribution in [0.1, 0.15) is 25.8 Å². The van der Waals surface area contributed by atoms with Crippen LogP contribution in [0.2, 0.25) is 0 Å². The Kier molecular flexibility index (Phi) is 3.74. The summed E-state index contributed by atoms with van der Waals surface area (Å²) in [5, 5.41) is 0. The second-order valence-electron chi connectivity index (χ2n) is 5.58. The highest BCUT2D eigenvalue weighted by atomic mass is 16.5. The van der Waals surface area contributed by atoms with Crippen LogP contribution in [-0.2, 0) is 6.42 Å². The van der Waals surface area contributed by atoms with Crippen LogP contribution in [0.15, 0.2) is 42.5 Å². The molecular formula is C18H22N2O. The Labute approximate surface area is 126 Å². The zero-order chi connectivity index (χ0) is 14.8. The summed E-state index contributed by atoms with van der Waals surface area (Å²) in [5.74, 6) is 0.836. The monoisotopic (exact) mass is 282 g/mol. The second kappa shape index (κ2) is 5.68. The van der Waals surface area contributed by atoms with Gasteiger partial charge in [0, 0.05) is 35.2 Å². The maximum atomic E-state index is 6.06. The Morgan fingerprint density at radius 1 is 1.24 bits per heavy atom. The van der Waals surface area contributed by atoms with Crippen LogP contribution in [0, 0.1) is 0 Å². The van der Waals surface area contributed by atoms with Gasteiger partial charge in [-0.15, -0.1) is 0 Å². The first kappa shape index (κ1) is 13.8. The Morgan fingerprint density at radius 3 is 2.86 bits per heavy atom. The maximum Gasteiger partial charge on any atom is 0.123 e. The van der Waals surface area contributed by atoms with E-state index in [1.807, 2.05) is 19.1 Å². The molecule has 0 spiro atoms. The highest BCUT2D eigenvalue weighted by molar-refractivity contribution is 5.72. The third kappa shape index (κ3) is 2.68. The highest BCUT2D eigenvalue weighted by Gasteiger charge is 2.24. The summed E-state index contributed by atoms with van der Waals surface area (Å²) >= 11 is 0. The van der Waals surface area contributed by atoms with Gasteiger partial charge in [0.25, 0.3) is 0 Å². The number of benzene rings is 2. The van der Waals surface area contributed by atoms with Gasteiger partial charge in [0.1, 0.15) is 5.75 Å². The number of anilines is 3. The molecule has 1 heterocycles. The van der Waals surface area contributed by atoms with Gasteiger partial charge in [-0.05, 0) is 44.4 Å². The van der Waals surface area contributed by atoms with Gasteiger partial charge in [0.2, 0.25) is 0 Å². The number of rotatable bonds is 3. The van der Waals surface area contributed by atoms with E-state index in [2.05, 4.69) is 42.2 Å². The molecule has 110 valence electrons. The van der Waals surface area contributed by atoms with Crippen molar-refractivity contribution in [3.05, 3.63) is 48.0 Å². The number of nitrogens with zero attached hydrogens (tertiary/aromatic N) is 1. The molecule has 3 nitrogen and oxygen atoms in total. The smallest absolute Gasteiger partial charge is 0.123 e. The minimum Gasteiger partial charge on any atom is -0.494 e. The van der Waals surface area contributed by atoms with E-state index in [1.165, 1.54) is 11.3 Å². The van der Waals surface area contributed by atoms with Crippen molar-refractivity contribution in [3.8, 4) is 5.75 Å². The van der Waals surface area contributed by atoms with Gasteiger partial charge in [0.05, 0.1) is 6.61 Å². The molecule has 0 saturated heterocycles. The summed E-state index contributed by atoms with van der Waals surface area (Å²) < 4.78 is 5.63. The Hall–Kier alpha value is -2.16. The van der Waals surface area contributed by atoms with Gasteiger partial charge in [-0.3, -0.25) is 0 Å². The molecule has 3 rings (SSSR count). The molecule has 2 N–H and O–H groups in total. The van der Waals surface area contributed by atoms with Crippen molar-refractivity contribution in [2.24, 2.45) is 0 Å². The predicted octanol–water partition coefficient (Wildman–Crippen LogP) is 4.14. The van der Waals surface area contributed by atoms with Crippen molar-refractivity contribution >= 4 is 17.1 Å². The van der Waals surface area contributed by atoms with Crippen LogP contribution < -0.4 is 15.4 Å². The van der Waals surface area contributed by atoms with Crippen molar-refractivity contribution in [1.29, 1.82) is 0 Å². The lowest BCUT2D eigenvalue weighted by Crippen LogP contribution is -2.33. The maximum absolute atomic E-state index is 6.06. The zero-order valence-electron chi connectivity index (χ0n) is 12.7. The summed E-state index contributed by atoms with van der Waals surface area (Å²) in [4.78, 5) is 2.37. The van der Waals surface area contributed by atoms with E-state index in [0.717, 1.165) is 30.0 Å².